The van der Waals surface area contributed by atoms with E-state index in [1.807, 2.05) is 44.2 Å². The number of hydrogen-bond donors (Lipinski definition) is 7. The molecule has 0 saturated heterocycles. The quantitative estimate of drug-likeness (QED) is 0.105. The third-order valence-electron chi connectivity index (χ3n) is 7.76. The second kappa shape index (κ2) is 19.2. The number of amides is 5. The van der Waals surface area contributed by atoms with Gasteiger partial charge in [-0.3, -0.25) is 24.0 Å². The summed E-state index contributed by atoms with van der Waals surface area (Å²) in [5, 5.41) is 21.1. The van der Waals surface area contributed by atoms with E-state index >= 15 is 0 Å². The molecule has 13 heteroatoms. The number of rotatable bonds is 18. The lowest BCUT2D eigenvalue weighted by Gasteiger charge is -2.27. The fraction of sp³-hybridized carbons (Fsp3) is 0.361. The Bertz CT molecular complexity index is 1550. The van der Waals surface area contributed by atoms with Crippen LogP contribution >= 0.6 is 11.6 Å². The van der Waals surface area contributed by atoms with E-state index in [0.717, 1.165) is 5.56 Å². The van der Waals surface area contributed by atoms with Crippen molar-refractivity contribution in [3.63, 3.8) is 0 Å². The zero-order valence-electron chi connectivity index (χ0n) is 27.7. The van der Waals surface area contributed by atoms with Crippen LogP contribution in [0.2, 0.25) is 5.02 Å². The molecule has 4 unspecified atom stereocenters. The summed E-state index contributed by atoms with van der Waals surface area (Å²) in [5.41, 5.74) is 13.4. The standard InChI is InChI=1S/C36H45ClN6O6/c1-22(2)18-29(40-32(45)21-38)34(47)42-31(19-24-8-13-26(37)14-9-24)36(49)43-30(20-25-10-15-27(44)16-11-25)35(48)41-28(33(39)46)17-12-23-6-4-3-5-7-23/h3-11,13-16,22,28-31,44H,12,17-21,38H2,1-2H3,(H2,39,46)(H,40,45)(H,41,48)(H,42,47)(H,43,49). The number of nitrogens with one attached hydrogen (secondary N) is 4. The van der Waals surface area contributed by atoms with Crippen LogP contribution in [0.1, 0.15) is 43.4 Å². The van der Waals surface area contributed by atoms with Gasteiger partial charge in [-0.2, -0.15) is 0 Å². The molecule has 9 N–H and O–H groups in total. The maximum atomic E-state index is 14.0. The molecular formula is C36H45ClN6O6. The summed E-state index contributed by atoms with van der Waals surface area (Å²) in [7, 11) is 0. The van der Waals surface area contributed by atoms with Gasteiger partial charge < -0.3 is 37.8 Å². The Morgan fingerprint density at radius 1 is 0.673 bits per heavy atom. The van der Waals surface area contributed by atoms with E-state index in [1.165, 1.54) is 12.1 Å². The number of carbonyl (C=O) groups excluding carboxylic acids is 5. The molecule has 0 aliphatic heterocycles. The van der Waals surface area contributed by atoms with Crippen molar-refractivity contribution in [2.45, 2.75) is 70.1 Å². The van der Waals surface area contributed by atoms with Gasteiger partial charge in [0.15, 0.2) is 0 Å². The van der Waals surface area contributed by atoms with Gasteiger partial charge in [-0.25, -0.2) is 0 Å². The monoisotopic (exact) mass is 692 g/mol. The zero-order chi connectivity index (χ0) is 35.9. The number of benzene rings is 3. The molecule has 3 aromatic carbocycles. The lowest BCUT2D eigenvalue weighted by atomic mass is 9.99. The number of nitrogens with two attached hydrogens (primary N) is 2. The summed E-state index contributed by atoms with van der Waals surface area (Å²) < 4.78 is 0. The predicted octanol–water partition coefficient (Wildman–Crippen LogP) is 1.89. The zero-order valence-corrected chi connectivity index (χ0v) is 28.4. The van der Waals surface area contributed by atoms with Crippen LogP contribution in [0.4, 0.5) is 0 Å². The van der Waals surface area contributed by atoms with Gasteiger partial charge in [0.25, 0.3) is 0 Å². The van der Waals surface area contributed by atoms with Gasteiger partial charge in [0, 0.05) is 17.9 Å². The minimum atomic E-state index is -1.20. The summed E-state index contributed by atoms with van der Waals surface area (Å²) in [6.45, 7) is 3.46. The summed E-state index contributed by atoms with van der Waals surface area (Å²) in [5.74, 6) is -3.16. The normalized spacial score (nSPS) is 13.4. The molecule has 3 aromatic rings. The van der Waals surface area contributed by atoms with Crippen LogP contribution in [0.15, 0.2) is 78.9 Å². The SMILES string of the molecule is CC(C)CC(NC(=O)CN)C(=O)NC(Cc1ccc(Cl)cc1)C(=O)NC(Cc1ccc(O)cc1)C(=O)NC(CCc1ccccc1)C(N)=O. The Labute approximate surface area is 291 Å². The first kappa shape index (κ1) is 38.5. The molecule has 5 amide bonds. The van der Waals surface area contributed by atoms with Crippen LogP contribution in [-0.2, 0) is 43.2 Å². The van der Waals surface area contributed by atoms with Crippen molar-refractivity contribution in [2.75, 3.05) is 6.54 Å². The Hall–Kier alpha value is -4.94. The number of primary amides is 1. The van der Waals surface area contributed by atoms with Crippen LogP contribution in [0.25, 0.3) is 0 Å². The molecule has 3 rings (SSSR count). The fourth-order valence-electron chi connectivity index (χ4n) is 5.16. The van der Waals surface area contributed by atoms with Gasteiger partial charge in [-0.05, 0) is 66.1 Å². The first-order valence-electron chi connectivity index (χ1n) is 16.1. The maximum absolute atomic E-state index is 14.0. The third-order valence-corrected chi connectivity index (χ3v) is 8.02. The van der Waals surface area contributed by atoms with E-state index < -0.39 is 53.7 Å². The van der Waals surface area contributed by atoms with Crippen molar-refractivity contribution in [3.05, 3.63) is 101 Å². The molecule has 262 valence electrons. The van der Waals surface area contributed by atoms with Gasteiger partial charge in [-0.1, -0.05) is 80.0 Å². The molecule has 0 spiro atoms. The Morgan fingerprint density at radius 2 is 1.16 bits per heavy atom. The Morgan fingerprint density at radius 3 is 1.65 bits per heavy atom. The largest absolute Gasteiger partial charge is 0.508 e. The first-order chi connectivity index (χ1) is 23.3. The molecule has 0 fully saturated rings. The maximum Gasteiger partial charge on any atom is 0.243 e. The first-order valence-corrected chi connectivity index (χ1v) is 16.5. The fourth-order valence-corrected chi connectivity index (χ4v) is 5.28. The summed E-state index contributed by atoms with van der Waals surface area (Å²) in [6, 6.07) is 17.9. The topological polar surface area (TPSA) is 206 Å². The summed E-state index contributed by atoms with van der Waals surface area (Å²) in [4.78, 5) is 65.8. The van der Waals surface area contributed by atoms with E-state index in [2.05, 4.69) is 21.3 Å². The van der Waals surface area contributed by atoms with Gasteiger partial charge in [-0.15, -0.1) is 0 Å². The number of carbonyl (C=O) groups is 5. The lowest BCUT2D eigenvalue weighted by molar-refractivity contribution is -0.134. The lowest BCUT2D eigenvalue weighted by Crippen LogP contribution is -2.59. The Kier molecular flexibility index (Phi) is 15.1. The number of halogens is 1. The highest BCUT2D eigenvalue weighted by Gasteiger charge is 2.31. The predicted molar refractivity (Wildman–Crippen MR) is 187 cm³/mol. The second-order valence-corrected chi connectivity index (χ2v) is 12.7. The summed E-state index contributed by atoms with van der Waals surface area (Å²) in [6.07, 6.45) is 1.01. The van der Waals surface area contributed by atoms with E-state index in [9.17, 15) is 29.1 Å². The molecule has 0 aliphatic rings. The highest BCUT2D eigenvalue weighted by atomic mass is 35.5. The minimum Gasteiger partial charge on any atom is -0.508 e. The minimum absolute atomic E-state index is 0.00777. The van der Waals surface area contributed by atoms with Gasteiger partial charge >= 0.3 is 0 Å². The van der Waals surface area contributed by atoms with Crippen LogP contribution in [-0.4, -0.2) is 65.4 Å². The van der Waals surface area contributed by atoms with Crippen LogP contribution in [0, 0.1) is 5.92 Å². The van der Waals surface area contributed by atoms with Crippen molar-refractivity contribution in [1.82, 2.24) is 21.3 Å². The third kappa shape index (κ3) is 13.2. The molecule has 0 bridgehead atoms. The van der Waals surface area contributed by atoms with Gasteiger partial charge in [0.1, 0.15) is 29.9 Å². The number of phenols is 1. The number of aromatic hydroxyl groups is 1. The molecule has 12 nitrogen and oxygen atoms in total. The second-order valence-electron chi connectivity index (χ2n) is 12.3. The van der Waals surface area contributed by atoms with Crippen LogP contribution in [0.3, 0.4) is 0 Å². The molecule has 4 atom stereocenters. The summed E-state index contributed by atoms with van der Waals surface area (Å²) >= 11 is 6.07. The Balaban J connectivity index is 1.89. The molecule has 0 heterocycles. The van der Waals surface area contributed by atoms with Crippen molar-refractivity contribution in [1.29, 1.82) is 0 Å². The number of aryl methyl sites for hydroxylation is 1. The molecule has 0 radical (unpaired) electrons. The van der Waals surface area contributed by atoms with Gasteiger partial charge in [0.05, 0.1) is 6.54 Å². The molecular weight excluding hydrogens is 648 g/mol. The average molecular weight is 693 g/mol. The van der Waals surface area contributed by atoms with Crippen molar-refractivity contribution in [2.24, 2.45) is 17.4 Å². The van der Waals surface area contributed by atoms with Crippen LogP contribution in [0.5, 0.6) is 5.75 Å². The molecule has 0 aliphatic carbocycles. The molecule has 0 aromatic heterocycles. The smallest absolute Gasteiger partial charge is 0.243 e. The van der Waals surface area contributed by atoms with Crippen LogP contribution < -0.4 is 32.7 Å². The number of phenolic OH excluding ortho intramolecular Hbond substituents is 1. The molecule has 49 heavy (non-hydrogen) atoms. The van der Waals surface area contributed by atoms with Gasteiger partial charge in [0.2, 0.25) is 29.5 Å². The van der Waals surface area contributed by atoms with E-state index in [4.69, 9.17) is 23.1 Å². The van der Waals surface area contributed by atoms with Crippen molar-refractivity contribution < 1.29 is 29.1 Å². The molecule has 0 saturated carbocycles. The highest BCUT2D eigenvalue weighted by molar-refractivity contribution is 6.30. The average Bonchev–Trinajstić information content (AvgIpc) is 3.07. The van der Waals surface area contributed by atoms with Crippen molar-refractivity contribution >= 4 is 41.1 Å². The van der Waals surface area contributed by atoms with E-state index in [1.54, 1.807) is 36.4 Å². The highest BCUT2D eigenvalue weighted by Crippen LogP contribution is 2.15. The van der Waals surface area contributed by atoms with E-state index in [0.29, 0.717) is 22.6 Å². The van der Waals surface area contributed by atoms with E-state index in [-0.39, 0.29) is 43.9 Å². The van der Waals surface area contributed by atoms with Crippen molar-refractivity contribution in [3.8, 4) is 5.75 Å². The number of hydrogen-bond acceptors (Lipinski definition) is 7.